The van der Waals surface area contributed by atoms with Gasteiger partial charge in [0.05, 0.1) is 55.6 Å². The first-order valence-corrected chi connectivity index (χ1v) is 16.6. The molecule has 3 saturated heterocycles. The SMILES string of the molecule is COC(=O)c1cc(OC2COC2)c2nc(CN3CCC(c4cccc5c4O[C@@](C)(c4ccc(Cl)cn4)O5)CC3)n(C[C@@H]3CCO3)c2c1. The van der Waals surface area contributed by atoms with Gasteiger partial charge in [0.1, 0.15) is 28.9 Å². The lowest BCUT2D eigenvalue weighted by molar-refractivity contribution is -0.0791. The zero-order chi connectivity index (χ0) is 32.1. The number of carbonyl (C=O) groups is 1. The number of carbonyl (C=O) groups excluding carboxylic acids is 1. The number of pyridine rings is 1. The normalized spacial score (nSPS) is 23.0. The van der Waals surface area contributed by atoms with E-state index in [9.17, 15) is 4.79 Å². The van der Waals surface area contributed by atoms with Gasteiger partial charge >= 0.3 is 5.97 Å². The molecule has 0 radical (unpaired) electrons. The maximum Gasteiger partial charge on any atom is 0.338 e. The summed E-state index contributed by atoms with van der Waals surface area (Å²) in [4.78, 5) is 24.7. The molecule has 2 aromatic carbocycles. The second kappa shape index (κ2) is 12.3. The van der Waals surface area contributed by atoms with E-state index in [4.69, 9.17) is 45.0 Å². The molecular weight excluding hydrogens is 624 g/mol. The van der Waals surface area contributed by atoms with Gasteiger partial charge in [0.25, 0.3) is 5.79 Å². The summed E-state index contributed by atoms with van der Waals surface area (Å²) in [5, 5.41) is 0.565. The molecule has 3 fully saturated rings. The lowest BCUT2D eigenvalue weighted by Gasteiger charge is -2.33. The van der Waals surface area contributed by atoms with E-state index in [1.54, 1.807) is 18.3 Å². The van der Waals surface area contributed by atoms with E-state index in [1.807, 2.05) is 31.2 Å². The Morgan fingerprint density at radius 1 is 1.11 bits per heavy atom. The van der Waals surface area contributed by atoms with E-state index in [0.29, 0.717) is 54.3 Å². The van der Waals surface area contributed by atoms with Crippen LogP contribution in [0.25, 0.3) is 11.0 Å². The van der Waals surface area contributed by atoms with Crippen LogP contribution in [0.15, 0.2) is 48.7 Å². The highest BCUT2D eigenvalue weighted by atomic mass is 35.5. The largest absolute Gasteiger partial charge is 0.483 e. The summed E-state index contributed by atoms with van der Waals surface area (Å²) < 4.78 is 37.5. The summed E-state index contributed by atoms with van der Waals surface area (Å²) in [6, 6.07) is 13.4. The number of halogens is 1. The number of piperidine rings is 1. The molecule has 2 atom stereocenters. The number of ether oxygens (including phenoxy) is 6. The number of hydrogen-bond donors (Lipinski definition) is 0. The van der Waals surface area contributed by atoms with Gasteiger partial charge in [0.15, 0.2) is 11.5 Å². The quantitative estimate of drug-likeness (QED) is 0.215. The number of fused-ring (bicyclic) bond motifs is 2. The molecule has 4 aromatic rings. The van der Waals surface area contributed by atoms with E-state index >= 15 is 0 Å². The number of aromatic nitrogens is 3. The third kappa shape index (κ3) is 5.79. The predicted octanol–water partition coefficient (Wildman–Crippen LogP) is 5.46. The molecule has 2 aromatic heterocycles. The van der Waals surface area contributed by atoms with E-state index in [0.717, 1.165) is 72.9 Å². The fraction of sp³-hybridized carbons (Fsp3) is 0.457. The van der Waals surface area contributed by atoms with Gasteiger partial charge in [0.2, 0.25) is 0 Å². The maximum atomic E-state index is 12.7. The van der Waals surface area contributed by atoms with Crippen molar-refractivity contribution in [1.82, 2.24) is 19.4 Å². The maximum absolute atomic E-state index is 12.7. The van der Waals surface area contributed by atoms with Gasteiger partial charge in [0, 0.05) is 25.3 Å². The lowest BCUT2D eigenvalue weighted by Crippen LogP contribution is -2.38. The van der Waals surface area contributed by atoms with E-state index in [2.05, 4.69) is 20.5 Å². The molecule has 4 aliphatic rings. The van der Waals surface area contributed by atoms with Crippen LogP contribution in [0.5, 0.6) is 17.2 Å². The molecule has 47 heavy (non-hydrogen) atoms. The van der Waals surface area contributed by atoms with Crippen molar-refractivity contribution in [2.24, 2.45) is 0 Å². The molecule has 0 saturated carbocycles. The van der Waals surface area contributed by atoms with Crippen molar-refractivity contribution in [3.05, 3.63) is 76.3 Å². The van der Waals surface area contributed by atoms with Crippen molar-refractivity contribution in [2.75, 3.05) is 40.0 Å². The zero-order valence-corrected chi connectivity index (χ0v) is 27.2. The topological polar surface area (TPSA) is 106 Å². The highest BCUT2D eigenvalue weighted by Crippen LogP contribution is 2.49. The van der Waals surface area contributed by atoms with Crippen LogP contribution in [0, 0.1) is 0 Å². The summed E-state index contributed by atoms with van der Waals surface area (Å²) in [5.74, 6) is 1.91. The van der Waals surface area contributed by atoms with E-state index in [-0.39, 0.29) is 12.2 Å². The Hall–Kier alpha value is -3.90. The molecule has 0 bridgehead atoms. The number of rotatable bonds is 9. The van der Waals surface area contributed by atoms with Crippen LogP contribution in [0.3, 0.4) is 0 Å². The number of imidazole rings is 1. The Bertz CT molecular complexity index is 1800. The minimum Gasteiger partial charge on any atom is -0.483 e. The number of benzene rings is 2. The highest BCUT2D eigenvalue weighted by Gasteiger charge is 2.42. The standard InChI is InChI=1S/C35H37ClN4O7/c1-35(30-7-6-23(36)16-37-30)46-28-5-3-4-26(33(28)47-35)21-8-11-39(12-9-21)18-31-38-32-27(40(31)17-24-10-13-44-24)14-22(34(41)42-2)15-29(32)45-25-19-43-20-25/h3-7,14-16,21,24-25H,8-13,17-20H2,1-2H3/t24-,35-/m0/s1. The Morgan fingerprint density at radius 2 is 1.94 bits per heavy atom. The second-order valence-electron chi connectivity index (χ2n) is 12.8. The Labute approximate surface area is 277 Å². The molecule has 4 aliphatic heterocycles. The smallest absolute Gasteiger partial charge is 0.338 e. The first-order chi connectivity index (χ1) is 22.9. The number of hydrogen-bond acceptors (Lipinski definition) is 10. The highest BCUT2D eigenvalue weighted by molar-refractivity contribution is 6.30. The average molecular weight is 661 g/mol. The Morgan fingerprint density at radius 3 is 2.62 bits per heavy atom. The minimum atomic E-state index is -1.02. The summed E-state index contributed by atoms with van der Waals surface area (Å²) >= 11 is 6.07. The third-order valence-electron chi connectivity index (χ3n) is 9.60. The fourth-order valence-electron chi connectivity index (χ4n) is 6.80. The number of methoxy groups -OCH3 is 1. The second-order valence-corrected chi connectivity index (χ2v) is 13.2. The van der Waals surface area contributed by atoms with Crippen LogP contribution in [-0.2, 0) is 33.1 Å². The van der Waals surface area contributed by atoms with Crippen molar-refractivity contribution in [3.8, 4) is 17.2 Å². The van der Waals surface area contributed by atoms with Gasteiger partial charge in [-0.25, -0.2) is 9.78 Å². The van der Waals surface area contributed by atoms with Crippen molar-refractivity contribution in [3.63, 3.8) is 0 Å². The Kier molecular flexibility index (Phi) is 7.95. The van der Waals surface area contributed by atoms with Crippen molar-refractivity contribution < 1.29 is 33.2 Å². The van der Waals surface area contributed by atoms with Gasteiger partial charge in [-0.1, -0.05) is 23.7 Å². The summed E-state index contributed by atoms with van der Waals surface area (Å²) in [5.41, 5.74) is 3.85. The van der Waals surface area contributed by atoms with Crippen LogP contribution in [-0.4, -0.2) is 77.6 Å². The number of likely N-dealkylation sites (tertiary alicyclic amines) is 1. The third-order valence-corrected chi connectivity index (χ3v) is 9.82. The van der Waals surface area contributed by atoms with Gasteiger partial charge < -0.3 is 33.0 Å². The number of para-hydroxylation sites is 1. The first kappa shape index (κ1) is 30.4. The van der Waals surface area contributed by atoms with E-state index < -0.39 is 11.8 Å². The van der Waals surface area contributed by atoms with Gasteiger partial charge in [-0.05, 0) is 68.6 Å². The summed E-state index contributed by atoms with van der Waals surface area (Å²) in [6.45, 7) is 6.80. The molecule has 246 valence electrons. The van der Waals surface area contributed by atoms with Crippen LogP contribution < -0.4 is 14.2 Å². The monoisotopic (exact) mass is 660 g/mol. The molecular formula is C35H37ClN4O7. The van der Waals surface area contributed by atoms with Crippen LogP contribution in [0.1, 0.15) is 59.5 Å². The molecule has 11 nitrogen and oxygen atoms in total. The number of esters is 1. The summed E-state index contributed by atoms with van der Waals surface area (Å²) in [6.07, 6.45) is 4.57. The molecule has 0 aliphatic carbocycles. The molecule has 0 N–H and O–H groups in total. The van der Waals surface area contributed by atoms with Crippen LogP contribution >= 0.6 is 11.6 Å². The van der Waals surface area contributed by atoms with Crippen molar-refractivity contribution in [2.45, 2.75) is 63.2 Å². The molecule has 8 rings (SSSR count). The molecule has 0 unspecified atom stereocenters. The van der Waals surface area contributed by atoms with Crippen molar-refractivity contribution >= 4 is 28.6 Å². The average Bonchev–Trinajstić information content (AvgIpc) is 3.57. The summed E-state index contributed by atoms with van der Waals surface area (Å²) in [7, 11) is 1.39. The van der Waals surface area contributed by atoms with Gasteiger partial charge in [-0.2, -0.15) is 0 Å². The van der Waals surface area contributed by atoms with Crippen LogP contribution in [0.4, 0.5) is 0 Å². The van der Waals surface area contributed by atoms with Gasteiger partial charge in [-0.3, -0.25) is 9.88 Å². The number of nitrogens with zero attached hydrogens (tertiary/aromatic N) is 4. The lowest BCUT2D eigenvalue weighted by atomic mass is 9.88. The Balaban J connectivity index is 1.02. The van der Waals surface area contributed by atoms with Crippen LogP contribution in [0.2, 0.25) is 5.02 Å². The predicted molar refractivity (Wildman–Crippen MR) is 172 cm³/mol. The zero-order valence-electron chi connectivity index (χ0n) is 26.4. The van der Waals surface area contributed by atoms with E-state index in [1.165, 1.54) is 7.11 Å². The first-order valence-electron chi connectivity index (χ1n) is 16.2. The van der Waals surface area contributed by atoms with Gasteiger partial charge in [-0.15, -0.1) is 0 Å². The fourth-order valence-corrected chi connectivity index (χ4v) is 6.92. The molecule has 12 heteroatoms. The molecule has 0 spiro atoms. The molecule has 0 amide bonds. The minimum absolute atomic E-state index is 0.0668. The molecule has 6 heterocycles. The van der Waals surface area contributed by atoms with Crippen molar-refractivity contribution in [1.29, 1.82) is 0 Å².